The molecule has 2 N–H and O–H groups in total. The van der Waals surface area contributed by atoms with Crippen LogP contribution in [0.1, 0.15) is 5.56 Å². The standard InChI is InChI=1S/C9H10N2O3S/c1-15(13,14)11-7-2-3-8-6(4-7)5-9(12)10-8/h2-4,11H,5H2,1H3,(H,10,12). The summed E-state index contributed by atoms with van der Waals surface area (Å²) < 4.78 is 24.3. The molecule has 0 radical (unpaired) electrons. The molecule has 0 saturated carbocycles. The number of hydrogen-bond acceptors (Lipinski definition) is 3. The highest BCUT2D eigenvalue weighted by Crippen LogP contribution is 2.26. The molecule has 1 heterocycles. The number of benzene rings is 1. The number of rotatable bonds is 2. The summed E-state index contributed by atoms with van der Waals surface area (Å²) in [5.74, 6) is -0.0681. The molecule has 0 aromatic heterocycles. The van der Waals surface area contributed by atoms with Crippen molar-refractivity contribution in [1.82, 2.24) is 0 Å². The van der Waals surface area contributed by atoms with E-state index in [-0.39, 0.29) is 5.91 Å². The van der Waals surface area contributed by atoms with Crippen molar-refractivity contribution in [2.75, 3.05) is 16.3 Å². The van der Waals surface area contributed by atoms with Crippen LogP contribution in [-0.4, -0.2) is 20.6 Å². The lowest BCUT2D eigenvalue weighted by Crippen LogP contribution is -2.09. The lowest BCUT2D eigenvalue weighted by molar-refractivity contribution is -0.115. The molecule has 2 rings (SSSR count). The molecule has 0 aliphatic carbocycles. The molecule has 0 unspecified atom stereocenters. The minimum atomic E-state index is -3.26. The van der Waals surface area contributed by atoms with Gasteiger partial charge in [0.25, 0.3) is 0 Å². The number of carbonyl (C=O) groups is 1. The van der Waals surface area contributed by atoms with Crippen molar-refractivity contribution in [2.45, 2.75) is 6.42 Å². The maximum Gasteiger partial charge on any atom is 0.229 e. The Balaban J connectivity index is 2.31. The van der Waals surface area contributed by atoms with Crippen molar-refractivity contribution in [3.05, 3.63) is 23.8 Å². The summed E-state index contributed by atoms with van der Waals surface area (Å²) in [6, 6.07) is 4.97. The lowest BCUT2D eigenvalue weighted by atomic mass is 10.1. The number of amides is 1. The Bertz CT molecular complexity index is 522. The van der Waals surface area contributed by atoms with Crippen LogP contribution in [0.5, 0.6) is 0 Å². The molecule has 6 heteroatoms. The number of carbonyl (C=O) groups excluding carboxylic acids is 1. The number of nitrogens with one attached hydrogen (secondary N) is 2. The number of anilines is 2. The smallest absolute Gasteiger partial charge is 0.229 e. The molecule has 80 valence electrons. The van der Waals surface area contributed by atoms with Gasteiger partial charge in [-0.05, 0) is 23.8 Å². The zero-order chi connectivity index (χ0) is 11.1. The minimum absolute atomic E-state index is 0.0681. The first-order valence-electron chi connectivity index (χ1n) is 4.34. The summed E-state index contributed by atoms with van der Waals surface area (Å²) in [6.45, 7) is 0. The van der Waals surface area contributed by atoms with Crippen LogP contribution in [0.2, 0.25) is 0 Å². The van der Waals surface area contributed by atoms with Gasteiger partial charge in [-0.3, -0.25) is 9.52 Å². The van der Waals surface area contributed by atoms with Gasteiger partial charge in [-0.1, -0.05) is 0 Å². The Morgan fingerprint density at radius 1 is 1.40 bits per heavy atom. The van der Waals surface area contributed by atoms with E-state index in [1.165, 1.54) is 0 Å². The number of sulfonamides is 1. The van der Waals surface area contributed by atoms with Crippen molar-refractivity contribution in [3.8, 4) is 0 Å². The Hall–Kier alpha value is -1.56. The largest absolute Gasteiger partial charge is 0.326 e. The Kier molecular flexibility index (Phi) is 2.15. The topological polar surface area (TPSA) is 75.3 Å². The van der Waals surface area contributed by atoms with Crippen LogP contribution < -0.4 is 10.0 Å². The molecule has 0 atom stereocenters. The lowest BCUT2D eigenvalue weighted by Gasteiger charge is -2.05. The minimum Gasteiger partial charge on any atom is -0.326 e. The molecule has 0 saturated heterocycles. The van der Waals surface area contributed by atoms with E-state index < -0.39 is 10.0 Å². The molecule has 1 amide bonds. The van der Waals surface area contributed by atoms with Crippen LogP contribution in [0, 0.1) is 0 Å². The van der Waals surface area contributed by atoms with E-state index in [0.717, 1.165) is 17.5 Å². The summed E-state index contributed by atoms with van der Waals surface area (Å²) in [4.78, 5) is 11.0. The zero-order valence-corrected chi connectivity index (χ0v) is 8.89. The molecule has 0 bridgehead atoms. The molecular formula is C9H10N2O3S. The molecule has 1 aliphatic rings. The average Bonchev–Trinajstić information content (AvgIpc) is 2.40. The fourth-order valence-corrected chi connectivity index (χ4v) is 2.06. The SMILES string of the molecule is CS(=O)(=O)Nc1ccc2c(c1)CC(=O)N2. The van der Waals surface area contributed by atoms with Crippen LogP contribution in [0.15, 0.2) is 18.2 Å². The van der Waals surface area contributed by atoms with E-state index in [4.69, 9.17) is 0 Å². The van der Waals surface area contributed by atoms with Crippen molar-refractivity contribution < 1.29 is 13.2 Å². The second-order valence-electron chi connectivity index (χ2n) is 3.47. The summed E-state index contributed by atoms with van der Waals surface area (Å²) in [5, 5.41) is 2.67. The number of fused-ring (bicyclic) bond motifs is 1. The van der Waals surface area contributed by atoms with Gasteiger partial charge in [-0.25, -0.2) is 8.42 Å². The van der Waals surface area contributed by atoms with Gasteiger partial charge in [0.15, 0.2) is 0 Å². The summed E-state index contributed by atoms with van der Waals surface area (Å²) in [6.07, 6.45) is 1.39. The Morgan fingerprint density at radius 3 is 2.80 bits per heavy atom. The third kappa shape index (κ3) is 2.27. The summed E-state index contributed by atoms with van der Waals surface area (Å²) in [7, 11) is -3.26. The maximum atomic E-state index is 11.0. The third-order valence-corrected chi connectivity index (χ3v) is 2.64. The van der Waals surface area contributed by atoms with E-state index in [0.29, 0.717) is 12.1 Å². The monoisotopic (exact) mass is 226 g/mol. The fourth-order valence-electron chi connectivity index (χ4n) is 1.51. The van der Waals surface area contributed by atoms with Crippen molar-refractivity contribution in [3.63, 3.8) is 0 Å². The van der Waals surface area contributed by atoms with Crippen LogP contribution in [0.3, 0.4) is 0 Å². The highest BCUT2D eigenvalue weighted by Gasteiger charge is 2.17. The summed E-state index contributed by atoms with van der Waals surface area (Å²) >= 11 is 0. The first-order chi connectivity index (χ1) is 6.94. The van der Waals surface area contributed by atoms with Gasteiger partial charge in [0.2, 0.25) is 15.9 Å². The van der Waals surface area contributed by atoms with Gasteiger partial charge in [0.05, 0.1) is 12.7 Å². The third-order valence-electron chi connectivity index (χ3n) is 2.03. The van der Waals surface area contributed by atoms with E-state index >= 15 is 0 Å². The molecule has 1 aliphatic heterocycles. The van der Waals surface area contributed by atoms with E-state index in [9.17, 15) is 13.2 Å². The van der Waals surface area contributed by atoms with Crippen LogP contribution in [0.25, 0.3) is 0 Å². The molecule has 0 spiro atoms. The summed E-state index contributed by atoms with van der Waals surface area (Å²) in [5.41, 5.74) is 2.04. The highest BCUT2D eigenvalue weighted by molar-refractivity contribution is 7.92. The van der Waals surface area contributed by atoms with Gasteiger partial charge >= 0.3 is 0 Å². The molecule has 1 aromatic rings. The predicted octanol–water partition coefficient (Wildman–Crippen LogP) is 0.553. The molecule has 1 aromatic carbocycles. The molecular weight excluding hydrogens is 216 g/mol. The fraction of sp³-hybridized carbons (Fsp3) is 0.222. The quantitative estimate of drug-likeness (QED) is 0.773. The second kappa shape index (κ2) is 3.23. The Morgan fingerprint density at radius 2 is 2.13 bits per heavy atom. The van der Waals surface area contributed by atoms with Crippen LogP contribution >= 0.6 is 0 Å². The number of hydrogen-bond donors (Lipinski definition) is 2. The molecule has 5 nitrogen and oxygen atoms in total. The molecule has 15 heavy (non-hydrogen) atoms. The van der Waals surface area contributed by atoms with Crippen LogP contribution in [0.4, 0.5) is 11.4 Å². The first kappa shape index (κ1) is 9.97. The van der Waals surface area contributed by atoms with Crippen LogP contribution in [-0.2, 0) is 21.2 Å². The van der Waals surface area contributed by atoms with Gasteiger partial charge in [0, 0.05) is 11.4 Å². The Labute approximate surface area is 87.5 Å². The van der Waals surface area contributed by atoms with Crippen molar-refractivity contribution >= 4 is 27.3 Å². The van der Waals surface area contributed by atoms with Gasteiger partial charge in [-0.15, -0.1) is 0 Å². The molecule has 0 fully saturated rings. The van der Waals surface area contributed by atoms with Gasteiger partial charge in [0.1, 0.15) is 0 Å². The normalized spacial score (nSPS) is 14.6. The predicted molar refractivity (Wildman–Crippen MR) is 57.2 cm³/mol. The van der Waals surface area contributed by atoms with E-state index in [2.05, 4.69) is 10.0 Å². The highest BCUT2D eigenvalue weighted by atomic mass is 32.2. The van der Waals surface area contributed by atoms with Crippen molar-refractivity contribution in [2.24, 2.45) is 0 Å². The first-order valence-corrected chi connectivity index (χ1v) is 6.24. The van der Waals surface area contributed by atoms with E-state index in [1.54, 1.807) is 18.2 Å². The van der Waals surface area contributed by atoms with Crippen molar-refractivity contribution in [1.29, 1.82) is 0 Å². The van der Waals surface area contributed by atoms with Gasteiger partial charge in [-0.2, -0.15) is 0 Å². The average molecular weight is 226 g/mol. The maximum absolute atomic E-state index is 11.0. The van der Waals surface area contributed by atoms with E-state index in [1.807, 2.05) is 0 Å². The van der Waals surface area contributed by atoms with Gasteiger partial charge < -0.3 is 5.32 Å². The second-order valence-corrected chi connectivity index (χ2v) is 5.22. The zero-order valence-electron chi connectivity index (χ0n) is 8.07.